The fourth-order valence-corrected chi connectivity index (χ4v) is 6.19. The number of hydrogen-bond donors (Lipinski definition) is 1. The average molecular weight is 371 g/mol. The predicted octanol–water partition coefficient (Wildman–Crippen LogP) is 5.35. The molecule has 4 bridgehead atoms. The molecular formula is C17H21BrClNO. The highest BCUT2D eigenvalue weighted by molar-refractivity contribution is 9.10. The van der Waals surface area contributed by atoms with Crippen molar-refractivity contribution in [3.8, 4) is 5.75 Å². The molecule has 4 fully saturated rings. The molecule has 4 saturated carbocycles. The van der Waals surface area contributed by atoms with Crippen LogP contribution in [0.2, 0.25) is 5.02 Å². The minimum absolute atomic E-state index is 0.595. The molecule has 0 amide bonds. The van der Waals surface area contributed by atoms with Gasteiger partial charge in [0, 0.05) is 11.1 Å². The van der Waals surface area contributed by atoms with E-state index in [-0.39, 0.29) is 0 Å². The summed E-state index contributed by atoms with van der Waals surface area (Å²) in [5, 5.41) is 4.53. The molecule has 5 rings (SSSR count). The first-order valence-corrected chi connectivity index (χ1v) is 9.10. The number of rotatable bonds is 3. The first-order valence-electron chi connectivity index (χ1n) is 7.93. The van der Waals surface area contributed by atoms with E-state index in [4.69, 9.17) is 16.3 Å². The summed E-state index contributed by atoms with van der Waals surface area (Å²) in [5.74, 6) is 4.54. The van der Waals surface area contributed by atoms with Gasteiger partial charge in [-0.1, -0.05) is 11.6 Å². The minimum atomic E-state index is 0.595. The van der Waals surface area contributed by atoms with Crippen molar-refractivity contribution in [2.75, 3.05) is 12.4 Å². The van der Waals surface area contributed by atoms with Gasteiger partial charge in [-0.25, -0.2) is 0 Å². The molecule has 2 nitrogen and oxygen atoms in total. The normalized spacial score (nSPS) is 36.8. The quantitative estimate of drug-likeness (QED) is 0.774. The Morgan fingerprint density at radius 3 is 2.29 bits per heavy atom. The summed E-state index contributed by atoms with van der Waals surface area (Å²) < 4.78 is 6.48. The molecule has 1 N–H and O–H groups in total. The molecule has 114 valence electrons. The van der Waals surface area contributed by atoms with Gasteiger partial charge >= 0.3 is 0 Å². The van der Waals surface area contributed by atoms with Crippen LogP contribution in [0.1, 0.15) is 32.1 Å². The number of ether oxygens (including phenoxy) is 1. The van der Waals surface area contributed by atoms with Crippen molar-refractivity contribution in [2.24, 2.45) is 23.7 Å². The molecule has 4 aliphatic carbocycles. The second-order valence-corrected chi connectivity index (χ2v) is 8.36. The van der Waals surface area contributed by atoms with Crippen LogP contribution in [0.15, 0.2) is 16.6 Å². The zero-order valence-corrected chi connectivity index (χ0v) is 14.6. The van der Waals surface area contributed by atoms with E-state index in [1.807, 2.05) is 12.1 Å². The van der Waals surface area contributed by atoms with E-state index in [1.165, 1.54) is 32.1 Å². The summed E-state index contributed by atoms with van der Waals surface area (Å²) in [5.41, 5.74) is 1.04. The summed E-state index contributed by atoms with van der Waals surface area (Å²) in [6.07, 6.45) is 7.14. The molecule has 0 atom stereocenters. The predicted molar refractivity (Wildman–Crippen MR) is 90.2 cm³/mol. The molecule has 1 aromatic carbocycles. The van der Waals surface area contributed by atoms with Gasteiger partial charge in [0.25, 0.3) is 0 Å². The van der Waals surface area contributed by atoms with Crippen molar-refractivity contribution in [3.05, 3.63) is 21.6 Å². The lowest BCUT2D eigenvalue weighted by atomic mass is 9.54. The molecule has 0 heterocycles. The van der Waals surface area contributed by atoms with Crippen LogP contribution in [0.3, 0.4) is 0 Å². The molecule has 0 aliphatic heterocycles. The average Bonchev–Trinajstić information content (AvgIpc) is 2.41. The molecule has 0 saturated heterocycles. The number of methoxy groups -OCH3 is 1. The van der Waals surface area contributed by atoms with Gasteiger partial charge in [-0.3, -0.25) is 0 Å². The van der Waals surface area contributed by atoms with Crippen LogP contribution in [0.4, 0.5) is 5.69 Å². The highest BCUT2D eigenvalue weighted by Crippen LogP contribution is 2.54. The number of benzene rings is 1. The van der Waals surface area contributed by atoms with E-state index in [9.17, 15) is 0 Å². The molecule has 0 radical (unpaired) electrons. The lowest BCUT2D eigenvalue weighted by Gasteiger charge is -2.54. The Hall–Kier alpha value is -0.410. The van der Waals surface area contributed by atoms with Crippen molar-refractivity contribution in [3.63, 3.8) is 0 Å². The number of halogens is 2. The van der Waals surface area contributed by atoms with Crippen LogP contribution in [0.25, 0.3) is 0 Å². The van der Waals surface area contributed by atoms with Gasteiger partial charge in [-0.2, -0.15) is 0 Å². The van der Waals surface area contributed by atoms with Gasteiger partial charge in [-0.15, -0.1) is 0 Å². The summed E-state index contributed by atoms with van der Waals surface area (Å²) in [6, 6.07) is 4.48. The Morgan fingerprint density at radius 2 is 1.71 bits per heavy atom. The van der Waals surface area contributed by atoms with Crippen LogP contribution in [-0.4, -0.2) is 13.2 Å². The van der Waals surface area contributed by atoms with Crippen LogP contribution < -0.4 is 10.1 Å². The standard InChI is InChI=1S/C17H21BrClNO/c1-21-17-14(18)7-13(19)8-15(17)20-16-11-3-9-2-10(5-11)6-12(16)4-9/h7-12,16,20H,2-6H2,1H3. The summed E-state index contributed by atoms with van der Waals surface area (Å²) in [4.78, 5) is 0. The first-order chi connectivity index (χ1) is 10.1. The Kier molecular flexibility index (Phi) is 3.61. The second-order valence-electron chi connectivity index (χ2n) is 7.07. The third-order valence-corrected chi connectivity index (χ3v) is 6.57. The molecule has 21 heavy (non-hydrogen) atoms. The maximum Gasteiger partial charge on any atom is 0.156 e. The van der Waals surface area contributed by atoms with E-state index in [0.717, 1.165) is 44.6 Å². The van der Waals surface area contributed by atoms with Gasteiger partial charge in [0.2, 0.25) is 0 Å². The lowest BCUT2D eigenvalue weighted by Crippen LogP contribution is -2.51. The Morgan fingerprint density at radius 1 is 1.10 bits per heavy atom. The number of nitrogens with one attached hydrogen (secondary N) is 1. The molecule has 4 aliphatic rings. The van der Waals surface area contributed by atoms with Gasteiger partial charge in [0.15, 0.2) is 5.75 Å². The Bertz CT molecular complexity index is 534. The lowest BCUT2D eigenvalue weighted by molar-refractivity contribution is 0.00748. The minimum Gasteiger partial charge on any atom is -0.493 e. The van der Waals surface area contributed by atoms with E-state index in [1.54, 1.807) is 7.11 Å². The van der Waals surface area contributed by atoms with Crippen molar-refractivity contribution in [1.82, 2.24) is 0 Å². The maximum atomic E-state index is 6.22. The highest BCUT2D eigenvalue weighted by Gasteiger charge is 2.48. The van der Waals surface area contributed by atoms with Crippen LogP contribution in [-0.2, 0) is 0 Å². The molecule has 1 aromatic rings. The molecule has 0 spiro atoms. The van der Waals surface area contributed by atoms with Gasteiger partial charge in [0.1, 0.15) is 0 Å². The molecule has 0 unspecified atom stereocenters. The zero-order valence-electron chi connectivity index (χ0n) is 12.2. The Balaban J connectivity index is 1.62. The third-order valence-electron chi connectivity index (χ3n) is 5.76. The molecule has 4 heteroatoms. The van der Waals surface area contributed by atoms with Crippen molar-refractivity contribution in [2.45, 2.75) is 38.1 Å². The summed E-state index contributed by atoms with van der Waals surface area (Å²) in [6.45, 7) is 0. The van der Waals surface area contributed by atoms with E-state index in [2.05, 4.69) is 21.2 Å². The topological polar surface area (TPSA) is 21.3 Å². The fraction of sp³-hybridized carbons (Fsp3) is 0.647. The van der Waals surface area contributed by atoms with Gasteiger partial charge in [0.05, 0.1) is 17.3 Å². The summed E-state index contributed by atoms with van der Waals surface area (Å²) in [7, 11) is 1.72. The van der Waals surface area contributed by atoms with Crippen molar-refractivity contribution >= 4 is 33.2 Å². The van der Waals surface area contributed by atoms with Crippen molar-refractivity contribution < 1.29 is 4.74 Å². The van der Waals surface area contributed by atoms with Crippen LogP contribution in [0.5, 0.6) is 5.75 Å². The van der Waals surface area contributed by atoms with Crippen molar-refractivity contribution in [1.29, 1.82) is 0 Å². The third kappa shape index (κ3) is 2.46. The van der Waals surface area contributed by atoms with Crippen LogP contribution >= 0.6 is 27.5 Å². The Labute approximate surface area is 139 Å². The summed E-state index contributed by atoms with van der Waals surface area (Å²) >= 11 is 9.77. The highest BCUT2D eigenvalue weighted by atomic mass is 79.9. The number of hydrogen-bond acceptors (Lipinski definition) is 2. The molecule has 0 aromatic heterocycles. The van der Waals surface area contributed by atoms with Gasteiger partial charge in [-0.05, 0) is 83.8 Å². The largest absolute Gasteiger partial charge is 0.493 e. The smallest absolute Gasteiger partial charge is 0.156 e. The van der Waals surface area contributed by atoms with E-state index < -0.39 is 0 Å². The van der Waals surface area contributed by atoms with Crippen LogP contribution in [0, 0.1) is 23.7 Å². The molecular weight excluding hydrogens is 350 g/mol. The first kappa shape index (κ1) is 14.2. The van der Waals surface area contributed by atoms with E-state index in [0.29, 0.717) is 6.04 Å². The second kappa shape index (κ2) is 5.34. The maximum absolute atomic E-state index is 6.22. The van der Waals surface area contributed by atoms with E-state index >= 15 is 0 Å². The monoisotopic (exact) mass is 369 g/mol. The SMILES string of the molecule is COc1c(Br)cc(Cl)cc1NC1C2CC3CC(C2)CC1C3. The zero-order chi connectivity index (χ0) is 14.6. The van der Waals surface area contributed by atoms with Gasteiger partial charge < -0.3 is 10.1 Å². The number of anilines is 1. The fourth-order valence-electron chi connectivity index (χ4n) is 5.22.